The molecule has 1 aromatic heterocycles. The number of aromatic nitrogens is 2. The summed E-state index contributed by atoms with van der Waals surface area (Å²) >= 11 is 6.96. The van der Waals surface area contributed by atoms with Crippen LogP contribution < -0.4 is 16.6 Å². The Hall–Kier alpha value is -1.18. The highest BCUT2D eigenvalue weighted by Gasteiger charge is 2.07. The topological polar surface area (TPSA) is 75.9 Å². The number of benzene rings is 1. The molecule has 0 aliphatic rings. The zero-order valence-corrected chi connectivity index (χ0v) is 12.7. The van der Waals surface area contributed by atoms with Gasteiger partial charge in [-0.2, -0.15) is 4.98 Å². The van der Waals surface area contributed by atoms with E-state index in [0.29, 0.717) is 11.8 Å². The molecule has 4 N–H and O–H groups in total. The first-order valence-corrected chi connectivity index (χ1v) is 6.72. The van der Waals surface area contributed by atoms with E-state index in [4.69, 9.17) is 5.84 Å². The number of nitrogen functional groups attached to an aromatic ring is 1. The Bertz CT molecular complexity index is 553. The molecule has 18 heavy (non-hydrogen) atoms. The van der Waals surface area contributed by atoms with E-state index < -0.39 is 0 Å². The number of hydrogen-bond donors (Lipinski definition) is 3. The third kappa shape index (κ3) is 2.98. The van der Waals surface area contributed by atoms with E-state index in [1.807, 2.05) is 31.2 Å². The van der Waals surface area contributed by atoms with Gasteiger partial charge in [-0.15, -0.1) is 0 Å². The van der Waals surface area contributed by atoms with Crippen molar-refractivity contribution in [1.29, 1.82) is 0 Å². The average Bonchev–Trinajstić information content (AvgIpc) is 2.33. The van der Waals surface area contributed by atoms with Gasteiger partial charge in [0.25, 0.3) is 0 Å². The molecule has 0 bridgehead atoms. The summed E-state index contributed by atoms with van der Waals surface area (Å²) in [5.41, 5.74) is 4.16. The molecule has 0 aliphatic carbocycles. The molecular formula is C11H11Br2N5. The number of rotatable bonds is 3. The first kappa shape index (κ1) is 13.3. The summed E-state index contributed by atoms with van der Waals surface area (Å²) in [5, 5.41) is 3.22. The summed E-state index contributed by atoms with van der Waals surface area (Å²) < 4.78 is 1.88. The number of hydrazine groups is 1. The van der Waals surface area contributed by atoms with Gasteiger partial charge in [0.1, 0.15) is 5.82 Å². The van der Waals surface area contributed by atoms with Gasteiger partial charge in [-0.05, 0) is 50.9 Å². The van der Waals surface area contributed by atoms with Crippen molar-refractivity contribution in [2.24, 2.45) is 5.84 Å². The molecule has 0 fully saturated rings. The summed E-state index contributed by atoms with van der Waals surface area (Å²) in [4.78, 5) is 8.36. The maximum absolute atomic E-state index is 5.32. The molecule has 1 heterocycles. The van der Waals surface area contributed by atoms with Crippen LogP contribution in [0.3, 0.4) is 0 Å². The van der Waals surface area contributed by atoms with Crippen LogP contribution in [0.4, 0.5) is 17.5 Å². The number of aryl methyl sites for hydroxylation is 1. The lowest BCUT2D eigenvalue weighted by atomic mass is 10.3. The van der Waals surface area contributed by atoms with Crippen molar-refractivity contribution in [3.05, 3.63) is 38.9 Å². The quantitative estimate of drug-likeness (QED) is 0.569. The number of nitrogens with two attached hydrogens (primary N) is 1. The molecule has 5 nitrogen and oxygen atoms in total. The SMILES string of the molecule is Cc1cc(Nc2c(Br)cccc2Br)nc(NN)n1. The lowest BCUT2D eigenvalue weighted by Crippen LogP contribution is -2.12. The highest BCUT2D eigenvalue weighted by molar-refractivity contribution is 9.11. The molecule has 0 saturated carbocycles. The molecule has 0 radical (unpaired) electrons. The molecule has 0 amide bonds. The van der Waals surface area contributed by atoms with E-state index in [1.54, 1.807) is 0 Å². The Morgan fingerprint density at radius 1 is 1.17 bits per heavy atom. The lowest BCUT2D eigenvalue weighted by molar-refractivity contribution is 1.07. The van der Waals surface area contributed by atoms with Gasteiger partial charge in [0.15, 0.2) is 0 Å². The first-order valence-electron chi connectivity index (χ1n) is 5.13. The summed E-state index contributed by atoms with van der Waals surface area (Å²) in [7, 11) is 0. The lowest BCUT2D eigenvalue weighted by Gasteiger charge is -2.11. The maximum atomic E-state index is 5.32. The van der Waals surface area contributed by atoms with Crippen molar-refractivity contribution in [3.63, 3.8) is 0 Å². The highest BCUT2D eigenvalue weighted by Crippen LogP contribution is 2.32. The standard InChI is InChI=1S/C11H11Br2N5/c1-6-5-9(17-11(15-6)18-14)16-10-7(12)3-2-4-8(10)13/h2-5H,14H2,1H3,(H2,15,16,17,18). The third-order valence-corrected chi connectivity index (χ3v) is 3.52. The molecule has 7 heteroatoms. The minimum Gasteiger partial charge on any atom is -0.338 e. The van der Waals surface area contributed by atoms with Gasteiger partial charge in [-0.25, -0.2) is 10.8 Å². The van der Waals surface area contributed by atoms with Crippen LogP contribution in [0.5, 0.6) is 0 Å². The Kier molecular flexibility index (Phi) is 4.15. The number of anilines is 3. The van der Waals surface area contributed by atoms with Crippen LogP contribution in [0.25, 0.3) is 0 Å². The van der Waals surface area contributed by atoms with Crippen LogP contribution in [0.15, 0.2) is 33.2 Å². The van der Waals surface area contributed by atoms with Gasteiger partial charge in [-0.1, -0.05) is 6.07 Å². The highest BCUT2D eigenvalue weighted by atomic mass is 79.9. The average molecular weight is 373 g/mol. The zero-order valence-electron chi connectivity index (χ0n) is 9.54. The van der Waals surface area contributed by atoms with Crippen LogP contribution in [-0.4, -0.2) is 9.97 Å². The Labute approximate surface area is 121 Å². The van der Waals surface area contributed by atoms with Crippen molar-refractivity contribution in [2.45, 2.75) is 6.92 Å². The van der Waals surface area contributed by atoms with E-state index in [-0.39, 0.29) is 0 Å². The molecule has 0 spiro atoms. The Morgan fingerprint density at radius 2 is 1.83 bits per heavy atom. The second-order valence-electron chi connectivity index (χ2n) is 3.58. The van der Waals surface area contributed by atoms with Crippen molar-refractivity contribution >= 4 is 49.3 Å². The van der Waals surface area contributed by atoms with Crippen LogP contribution in [0.1, 0.15) is 5.69 Å². The van der Waals surface area contributed by atoms with Gasteiger partial charge in [-0.3, -0.25) is 5.43 Å². The summed E-state index contributed by atoms with van der Waals surface area (Å²) in [6, 6.07) is 7.68. The van der Waals surface area contributed by atoms with Gasteiger partial charge in [0.05, 0.1) is 5.69 Å². The number of hydrogen-bond acceptors (Lipinski definition) is 5. The first-order chi connectivity index (χ1) is 8.60. The predicted octanol–water partition coefficient (Wildman–Crippen LogP) is 3.34. The monoisotopic (exact) mass is 371 g/mol. The number of nitrogens with zero attached hydrogens (tertiary/aromatic N) is 2. The molecule has 0 saturated heterocycles. The molecule has 94 valence electrons. The minimum absolute atomic E-state index is 0.376. The van der Waals surface area contributed by atoms with Crippen LogP contribution in [0, 0.1) is 6.92 Å². The zero-order chi connectivity index (χ0) is 13.1. The van der Waals surface area contributed by atoms with Crippen molar-refractivity contribution < 1.29 is 0 Å². The van der Waals surface area contributed by atoms with Gasteiger partial charge < -0.3 is 5.32 Å². The van der Waals surface area contributed by atoms with E-state index >= 15 is 0 Å². The molecule has 2 aromatic rings. The van der Waals surface area contributed by atoms with Crippen LogP contribution in [0.2, 0.25) is 0 Å². The smallest absolute Gasteiger partial charge is 0.239 e. The third-order valence-electron chi connectivity index (χ3n) is 2.20. The molecule has 0 unspecified atom stereocenters. The fourth-order valence-electron chi connectivity index (χ4n) is 1.44. The van der Waals surface area contributed by atoms with Crippen molar-refractivity contribution in [1.82, 2.24) is 9.97 Å². The van der Waals surface area contributed by atoms with E-state index in [1.165, 1.54) is 0 Å². The van der Waals surface area contributed by atoms with Gasteiger partial charge in [0.2, 0.25) is 5.95 Å². The summed E-state index contributed by atoms with van der Waals surface area (Å²) in [6.07, 6.45) is 0. The Morgan fingerprint density at radius 3 is 2.44 bits per heavy atom. The molecule has 0 aliphatic heterocycles. The molecule has 1 aromatic carbocycles. The van der Waals surface area contributed by atoms with Crippen molar-refractivity contribution in [2.75, 3.05) is 10.7 Å². The minimum atomic E-state index is 0.376. The van der Waals surface area contributed by atoms with E-state index in [2.05, 4.69) is 52.6 Å². The molecule has 0 atom stereocenters. The van der Waals surface area contributed by atoms with Gasteiger partial charge in [0, 0.05) is 20.7 Å². The fourth-order valence-corrected chi connectivity index (χ4v) is 2.64. The summed E-state index contributed by atoms with van der Waals surface area (Å²) in [5.74, 6) is 6.36. The number of para-hydroxylation sites is 1. The van der Waals surface area contributed by atoms with Crippen molar-refractivity contribution in [3.8, 4) is 0 Å². The van der Waals surface area contributed by atoms with Gasteiger partial charge >= 0.3 is 0 Å². The predicted molar refractivity (Wildman–Crippen MR) is 79.7 cm³/mol. The second kappa shape index (κ2) is 5.64. The van der Waals surface area contributed by atoms with E-state index in [0.717, 1.165) is 20.3 Å². The van der Waals surface area contributed by atoms with Crippen LogP contribution in [-0.2, 0) is 0 Å². The fraction of sp³-hybridized carbons (Fsp3) is 0.0909. The van der Waals surface area contributed by atoms with E-state index in [9.17, 15) is 0 Å². The number of nitrogens with one attached hydrogen (secondary N) is 2. The molecule has 2 rings (SSSR count). The largest absolute Gasteiger partial charge is 0.338 e. The normalized spacial score (nSPS) is 10.2. The Balaban J connectivity index is 2.37. The van der Waals surface area contributed by atoms with Crippen LogP contribution >= 0.6 is 31.9 Å². The number of halogens is 2. The summed E-state index contributed by atoms with van der Waals surface area (Å²) in [6.45, 7) is 1.88. The maximum Gasteiger partial charge on any atom is 0.239 e. The second-order valence-corrected chi connectivity index (χ2v) is 5.29. The molecular weight excluding hydrogens is 362 g/mol.